The Morgan fingerprint density at radius 3 is 2.92 bits per heavy atom. The Hall–Kier alpha value is -2.35. The van der Waals surface area contributed by atoms with Crippen LogP contribution in [0.25, 0.3) is 0 Å². The third kappa shape index (κ3) is 3.13. The van der Waals surface area contributed by atoms with Gasteiger partial charge < -0.3 is 4.90 Å². The number of rotatable bonds is 3. The number of aromatic nitrogens is 5. The molecule has 2 saturated heterocycles. The molecule has 4 heterocycles. The zero-order chi connectivity index (χ0) is 17.4. The van der Waals surface area contributed by atoms with E-state index in [1.165, 1.54) is 0 Å². The Bertz CT molecular complexity index is 730. The molecular weight excluding hydrogens is 318 g/mol. The second kappa shape index (κ2) is 6.51. The predicted octanol–water partition coefficient (Wildman–Crippen LogP) is 0.612. The van der Waals surface area contributed by atoms with E-state index in [9.17, 15) is 4.79 Å². The van der Waals surface area contributed by atoms with Gasteiger partial charge in [0.25, 0.3) is 5.91 Å². The minimum Gasteiger partial charge on any atom is -0.337 e. The lowest BCUT2D eigenvalue weighted by Gasteiger charge is -2.37. The highest BCUT2D eigenvalue weighted by Crippen LogP contribution is 2.35. The molecule has 8 nitrogen and oxygen atoms in total. The van der Waals surface area contributed by atoms with E-state index < -0.39 is 0 Å². The molecule has 25 heavy (non-hydrogen) atoms. The number of aryl methyl sites for hydroxylation is 1. The smallest absolute Gasteiger partial charge is 0.274 e. The molecule has 3 atom stereocenters. The molecule has 0 unspecified atom stereocenters. The summed E-state index contributed by atoms with van der Waals surface area (Å²) in [6.07, 6.45) is 8.65. The van der Waals surface area contributed by atoms with Gasteiger partial charge in [-0.1, -0.05) is 0 Å². The topological polar surface area (TPSA) is 80.0 Å². The van der Waals surface area contributed by atoms with Crippen LogP contribution in [0.15, 0.2) is 25.0 Å². The Balaban J connectivity index is 1.42. The van der Waals surface area contributed by atoms with Crippen LogP contribution in [0.5, 0.6) is 0 Å². The summed E-state index contributed by atoms with van der Waals surface area (Å²) in [4.78, 5) is 29.6. The molecule has 0 spiro atoms. The molecule has 2 aliphatic rings. The van der Waals surface area contributed by atoms with E-state index in [2.05, 4.69) is 32.0 Å². The number of hydrogen-bond acceptors (Lipinski definition) is 6. The molecular formula is C17H23N7O. The number of hydrogen-bond donors (Lipinski definition) is 0. The maximum Gasteiger partial charge on any atom is 0.274 e. The van der Waals surface area contributed by atoms with E-state index >= 15 is 0 Å². The van der Waals surface area contributed by atoms with Crippen molar-refractivity contribution in [3.05, 3.63) is 36.4 Å². The molecule has 1 amide bonds. The van der Waals surface area contributed by atoms with Crippen molar-refractivity contribution in [1.82, 2.24) is 34.5 Å². The predicted molar refractivity (Wildman–Crippen MR) is 90.8 cm³/mol. The summed E-state index contributed by atoms with van der Waals surface area (Å²) in [6.45, 7) is 4.28. The average Bonchev–Trinajstić information content (AvgIpc) is 3.24. The number of piperidine rings is 1. The van der Waals surface area contributed by atoms with Crippen molar-refractivity contribution in [3.63, 3.8) is 0 Å². The summed E-state index contributed by atoms with van der Waals surface area (Å²) in [7, 11) is 2.19. The Labute approximate surface area is 146 Å². The summed E-state index contributed by atoms with van der Waals surface area (Å²) < 4.78 is 1.89. The Kier molecular flexibility index (Phi) is 4.20. The van der Waals surface area contributed by atoms with Crippen LogP contribution in [0.2, 0.25) is 0 Å². The first-order valence-corrected chi connectivity index (χ1v) is 8.74. The molecule has 0 aliphatic carbocycles. The van der Waals surface area contributed by atoms with Gasteiger partial charge in [0.2, 0.25) is 0 Å². The summed E-state index contributed by atoms with van der Waals surface area (Å²) in [5.41, 5.74) is 1.26. The second-order valence-electron chi connectivity index (χ2n) is 7.08. The summed E-state index contributed by atoms with van der Waals surface area (Å²) in [6, 6.07) is 0.965. The van der Waals surface area contributed by atoms with Crippen molar-refractivity contribution < 1.29 is 4.79 Å². The van der Waals surface area contributed by atoms with Crippen molar-refractivity contribution >= 4 is 5.91 Å². The highest BCUT2D eigenvalue weighted by Gasteiger charge is 2.43. The van der Waals surface area contributed by atoms with Crippen LogP contribution in [-0.2, 0) is 6.54 Å². The van der Waals surface area contributed by atoms with E-state index in [1.54, 1.807) is 25.0 Å². The highest BCUT2D eigenvalue weighted by molar-refractivity contribution is 5.92. The quantitative estimate of drug-likeness (QED) is 0.814. The first-order valence-electron chi connectivity index (χ1n) is 8.74. The molecule has 0 saturated carbocycles. The molecule has 132 valence electrons. The van der Waals surface area contributed by atoms with Gasteiger partial charge in [0.15, 0.2) is 0 Å². The van der Waals surface area contributed by atoms with Crippen LogP contribution in [0.1, 0.15) is 29.0 Å². The molecule has 0 radical (unpaired) electrons. The number of amides is 1. The zero-order valence-corrected chi connectivity index (χ0v) is 14.6. The van der Waals surface area contributed by atoms with E-state index in [0.29, 0.717) is 23.7 Å². The fraction of sp³-hybridized carbons (Fsp3) is 0.588. The number of carbonyl (C=O) groups is 1. The average molecular weight is 341 g/mol. The van der Waals surface area contributed by atoms with Crippen LogP contribution in [-0.4, -0.2) is 72.7 Å². The van der Waals surface area contributed by atoms with E-state index in [0.717, 1.165) is 38.2 Å². The number of carbonyl (C=O) groups excluding carboxylic acids is 1. The van der Waals surface area contributed by atoms with Crippen molar-refractivity contribution in [1.29, 1.82) is 0 Å². The first kappa shape index (κ1) is 16.1. The van der Waals surface area contributed by atoms with Gasteiger partial charge in [-0.25, -0.2) is 9.97 Å². The van der Waals surface area contributed by atoms with Crippen LogP contribution < -0.4 is 0 Å². The van der Waals surface area contributed by atoms with Gasteiger partial charge in [-0.15, -0.1) is 0 Å². The van der Waals surface area contributed by atoms with Crippen LogP contribution in [0.4, 0.5) is 0 Å². The van der Waals surface area contributed by atoms with Crippen LogP contribution in [0, 0.1) is 12.8 Å². The molecule has 0 aromatic carbocycles. The minimum absolute atomic E-state index is 0.00618. The lowest BCUT2D eigenvalue weighted by atomic mass is 9.92. The summed E-state index contributed by atoms with van der Waals surface area (Å²) >= 11 is 0. The normalized spacial score (nSPS) is 26.6. The Morgan fingerprint density at radius 1 is 1.32 bits per heavy atom. The fourth-order valence-corrected chi connectivity index (χ4v) is 4.17. The zero-order valence-electron chi connectivity index (χ0n) is 14.6. The summed E-state index contributed by atoms with van der Waals surface area (Å²) in [5.74, 6) is 0.489. The number of likely N-dealkylation sites (tertiary alicyclic amines) is 2. The molecule has 2 aromatic heterocycles. The van der Waals surface area contributed by atoms with Gasteiger partial charge in [0, 0.05) is 31.4 Å². The first-order chi connectivity index (χ1) is 12.1. The Morgan fingerprint density at radius 2 is 2.20 bits per heavy atom. The van der Waals surface area contributed by atoms with Gasteiger partial charge >= 0.3 is 0 Å². The molecule has 0 N–H and O–H groups in total. The fourth-order valence-electron chi connectivity index (χ4n) is 4.17. The van der Waals surface area contributed by atoms with E-state index in [-0.39, 0.29) is 5.91 Å². The monoisotopic (exact) mass is 341 g/mol. The van der Waals surface area contributed by atoms with Crippen molar-refractivity contribution in [2.45, 2.75) is 38.4 Å². The van der Waals surface area contributed by atoms with Gasteiger partial charge in [-0.3, -0.25) is 19.4 Å². The van der Waals surface area contributed by atoms with Crippen LogP contribution in [0.3, 0.4) is 0 Å². The lowest BCUT2D eigenvalue weighted by molar-refractivity contribution is 0.0601. The number of nitrogens with zero attached hydrogens (tertiary/aromatic N) is 7. The van der Waals surface area contributed by atoms with E-state index in [4.69, 9.17) is 0 Å². The number of likely N-dealkylation sites (N-methyl/N-ethyl adjacent to an activating group) is 1. The van der Waals surface area contributed by atoms with Gasteiger partial charge in [-0.2, -0.15) is 5.10 Å². The second-order valence-corrected chi connectivity index (χ2v) is 7.08. The summed E-state index contributed by atoms with van der Waals surface area (Å²) in [5, 5.41) is 4.22. The minimum atomic E-state index is -0.00618. The lowest BCUT2D eigenvalue weighted by Crippen LogP contribution is -2.48. The molecule has 2 fully saturated rings. The van der Waals surface area contributed by atoms with Crippen molar-refractivity contribution in [2.75, 3.05) is 20.1 Å². The number of fused-ring (bicyclic) bond motifs is 1. The standard InChI is InChI=1S/C17H23N7O/c1-12-6-20-15(7-19-12)17(25)23-4-3-16-13(8-23)5-14(22(16)2)9-24-11-18-10-21-24/h6-7,10-11,13-14,16H,3-5,8-9H2,1-2H3/t13-,14+,16+/m0/s1. The highest BCUT2D eigenvalue weighted by atomic mass is 16.2. The van der Waals surface area contributed by atoms with E-state index in [1.807, 2.05) is 16.5 Å². The SMILES string of the molecule is Cc1cnc(C(=O)N2CC[C@@H]3[C@@H](C[C@H](Cn4cncn4)N3C)C2)cn1. The molecule has 2 aliphatic heterocycles. The maximum absolute atomic E-state index is 12.7. The third-order valence-electron chi connectivity index (χ3n) is 5.52. The molecule has 4 rings (SSSR count). The maximum atomic E-state index is 12.7. The van der Waals surface area contributed by atoms with Gasteiger partial charge in [-0.05, 0) is 32.7 Å². The van der Waals surface area contributed by atoms with Crippen molar-refractivity contribution in [3.8, 4) is 0 Å². The largest absolute Gasteiger partial charge is 0.337 e. The van der Waals surface area contributed by atoms with Crippen LogP contribution >= 0.6 is 0 Å². The molecule has 0 bridgehead atoms. The van der Waals surface area contributed by atoms with Gasteiger partial charge in [0.1, 0.15) is 18.3 Å². The van der Waals surface area contributed by atoms with Gasteiger partial charge in [0.05, 0.1) is 18.4 Å². The van der Waals surface area contributed by atoms with Crippen molar-refractivity contribution in [2.24, 2.45) is 5.92 Å². The third-order valence-corrected chi connectivity index (χ3v) is 5.52. The molecule has 2 aromatic rings. The molecule has 8 heteroatoms.